The van der Waals surface area contributed by atoms with E-state index in [1.54, 1.807) is 37.3 Å². The van der Waals surface area contributed by atoms with Gasteiger partial charge in [0.25, 0.3) is 0 Å². The number of unbranched alkanes of at least 4 members (excludes halogenated alkanes) is 1. The lowest BCUT2D eigenvalue weighted by atomic mass is 10.1. The number of anilines is 1. The van der Waals surface area contributed by atoms with Crippen molar-refractivity contribution in [1.82, 2.24) is 10.2 Å². The van der Waals surface area contributed by atoms with Crippen molar-refractivity contribution in [2.75, 3.05) is 37.9 Å². The Balaban J connectivity index is 2.42. The molecule has 0 fully saturated rings. The minimum atomic E-state index is -3.90. The molecule has 0 aliphatic carbocycles. The quantitative estimate of drug-likeness (QED) is 0.391. The lowest BCUT2D eigenvalue weighted by molar-refractivity contribution is -0.139. The topological polar surface area (TPSA) is 105 Å². The molecule has 2 amide bonds. The molecule has 1 N–H and O–H groups in total. The van der Waals surface area contributed by atoms with Gasteiger partial charge in [-0.05, 0) is 43.2 Å². The highest BCUT2D eigenvalue weighted by molar-refractivity contribution is 7.92. The molecule has 0 aromatic heterocycles. The van der Waals surface area contributed by atoms with Gasteiger partial charge in [-0.3, -0.25) is 13.9 Å². The van der Waals surface area contributed by atoms with Gasteiger partial charge in [-0.25, -0.2) is 8.42 Å². The number of nitrogens with one attached hydrogen (secondary N) is 1. The summed E-state index contributed by atoms with van der Waals surface area (Å²) >= 11 is 6.12. The van der Waals surface area contributed by atoms with Gasteiger partial charge < -0.3 is 19.7 Å². The summed E-state index contributed by atoms with van der Waals surface area (Å²) in [5.74, 6) is -0.196. The molecule has 0 heterocycles. The van der Waals surface area contributed by atoms with Crippen LogP contribution in [0, 0.1) is 0 Å². The van der Waals surface area contributed by atoms with E-state index in [0.29, 0.717) is 22.9 Å². The number of amides is 2. The van der Waals surface area contributed by atoms with Crippen LogP contribution in [0.4, 0.5) is 5.69 Å². The number of hydrogen-bond donors (Lipinski definition) is 1. The number of methoxy groups -OCH3 is 2. The summed E-state index contributed by atoms with van der Waals surface area (Å²) in [7, 11) is -1.02. The largest absolute Gasteiger partial charge is 0.497 e. The molecule has 9 nitrogen and oxygen atoms in total. The van der Waals surface area contributed by atoms with Crippen LogP contribution in [0.5, 0.6) is 11.5 Å². The molecule has 0 bridgehead atoms. The zero-order valence-corrected chi connectivity index (χ0v) is 22.9. The molecule has 0 saturated carbocycles. The predicted octanol–water partition coefficient (Wildman–Crippen LogP) is 3.46. The summed E-state index contributed by atoms with van der Waals surface area (Å²) in [6.45, 7) is 3.64. The number of ether oxygens (including phenoxy) is 2. The normalized spacial score (nSPS) is 11.9. The van der Waals surface area contributed by atoms with Gasteiger partial charge in [0.05, 0.1) is 26.2 Å². The van der Waals surface area contributed by atoms with Gasteiger partial charge in [-0.2, -0.15) is 0 Å². The standard InChI is InChI=1S/C25H34ClN3O6S/c1-6-7-13-27-25(31)18(2)28(16-19-9-8-10-20(26)14-19)24(30)17-29(36(5,32)33)22-12-11-21(34-3)15-23(22)35-4/h8-12,14-15,18H,6-7,13,16-17H2,1-5H3,(H,27,31)/t18-/m1/s1. The van der Waals surface area contributed by atoms with Gasteiger partial charge in [-0.1, -0.05) is 37.1 Å². The zero-order valence-electron chi connectivity index (χ0n) is 21.3. The Morgan fingerprint density at radius 1 is 1.11 bits per heavy atom. The van der Waals surface area contributed by atoms with Crippen LogP contribution < -0.4 is 19.1 Å². The summed E-state index contributed by atoms with van der Waals surface area (Å²) in [5, 5.41) is 3.32. The van der Waals surface area contributed by atoms with Crippen LogP contribution in [-0.4, -0.2) is 64.7 Å². The van der Waals surface area contributed by atoms with Crippen molar-refractivity contribution < 1.29 is 27.5 Å². The van der Waals surface area contributed by atoms with E-state index in [9.17, 15) is 18.0 Å². The van der Waals surface area contributed by atoms with Crippen molar-refractivity contribution in [3.63, 3.8) is 0 Å². The molecule has 0 spiro atoms. The first kappa shape index (κ1) is 29.3. The number of carbonyl (C=O) groups is 2. The Hall–Kier alpha value is -2.98. The number of carbonyl (C=O) groups excluding carboxylic acids is 2. The molecule has 2 aromatic rings. The van der Waals surface area contributed by atoms with Crippen molar-refractivity contribution in [2.45, 2.75) is 39.3 Å². The van der Waals surface area contributed by atoms with Gasteiger partial charge in [0.15, 0.2) is 0 Å². The van der Waals surface area contributed by atoms with E-state index in [-0.39, 0.29) is 23.9 Å². The van der Waals surface area contributed by atoms with E-state index in [1.165, 1.54) is 31.3 Å². The second-order valence-electron chi connectivity index (χ2n) is 8.28. The molecular weight excluding hydrogens is 506 g/mol. The third-order valence-electron chi connectivity index (χ3n) is 5.57. The summed E-state index contributed by atoms with van der Waals surface area (Å²) in [6.07, 6.45) is 2.72. The van der Waals surface area contributed by atoms with E-state index in [1.807, 2.05) is 6.92 Å². The fraction of sp³-hybridized carbons (Fsp3) is 0.440. The van der Waals surface area contributed by atoms with Gasteiger partial charge in [0.1, 0.15) is 24.1 Å². The van der Waals surface area contributed by atoms with Gasteiger partial charge in [0.2, 0.25) is 21.8 Å². The molecule has 0 aliphatic heterocycles. The molecule has 1 atom stereocenters. The molecule has 198 valence electrons. The number of nitrogens with zero attached hydrogens (tertiary/aromatic N) is 2. The number of sulfonamides is 1. The molecule has 36 heavy (non-hydrogen) atoms. The molecule has 2 aromatic carbocycles. The molecule has 0 radical (unpaired) electrons. The first-order valence-corrected chi connectivity index (χ1v) is 13.8. The molecule has 0 aliphatic rings. The Morgan fingerprint density at radius 2 is 1.83 bits per heavy atom. The molecule has 11 heteroatoms. The smallest absolute Gasteiger partial charge is 0.244 e. The predicted molar refractivity (Wildman–Crippen MR) is 141 cm³/mol. The Morgan fingerprint density at radius 3 is 2.42 bits per heavy atom. The summed E-state index contributed by atoms with van der Waals surface area (Å²) in [6, 6.07) is 10.7. The maximum absolute atomic E-state index is 13.6. The van der Waals surface area contributed by atoms with E-state index < -0.39 is 28.5 Å². The number of rotatable bonds is 13. The minimum Gasteiger partial charge on any atom is -0.497 e. The van der Waals surface area contributed by atoms with Crippen molar-refractivity contribution >= 4 is 39.1 Å². The van der Waals surface area contributed by atoms with Crippen LogP contribution in [0.2, 0.25) is 5.02 Å². The molecule has 0 unspecified atom stereocenters. The Bertz CT molecular complexity index is 1160. The first-order valence-electron chi connectivity index (χ1n) is 11.5. The SMILES string of the molecule is CCCCNC(=O)[C@@H](C)N(Cc1cccc(Cl)c1)C(=O)CN(c1ccc(OC)cc1OC)S(C)(=O)=O. The van der Waals surface area contributed by atoms with Gasteiger partial charge >= 0.3 is 0 Å². The van der Waals surface area contributed by atoms with Gasteiger partial charge in [0, 0.05) is 24.2 Å². The number of hydrogen-bond acceptors (Lipinski definition) is 6. The van der Waals surface area contributed by atoms with E-state index >= 15 is 0 Å². The highest BCUT2D eigenvalue weighted by Crippen LogP contribution is 2.33. The van der Waals surface area contributed by atoms with Crippen molar-refractivity contribution in [3.05, 3.63) is 53.1 Å². The average Bonchev–Trinajstić information content (AvgIpc) is 2.84. The van der Waals surface area contributed by atoms with E-state index in [0.717, 1.165) is 23.4 Å². The highest BCUT2D eigenvalue weighted by Gasteiger charge is 2.31. The van der Waals surface area contributed by atoms with Crippen LogP contribution in [0.25, 0.3) is 0 Å². The van der Waals surface area contributed by atoms with Crippen molar-refractivity contribution in [3.8, 4) is 11.5 Å². The van der Waals surface area contributed by atoms with Crippen LogP contribution in [0.1, 0.15) is 32.3 Å². The average molecular weight is 540 g/mol. The molecule has 2 rings (SSSR count). The Kier molecular flexibility index (Phi) is 10.9. The summed E-state index contributed by atoms with van der Waals surface area (Å²) in [5.41, 5.74) is 0.883. The minimum absolute atomic E-state index is 0.0686. The van der Waals surface area contributed by atoms with E-state index in [2.05, 4.69) is 5.32 Å². The van der Waals surface area contributed by atoms with E-state index in [4.69, 9.17) is 21.1 Å². The third kappa shape index (κ3) is 8.03. The fourth-order valence-electron chi connectivity index (χ4n) is 3.54. The van der Waals surface area contributed by atoms with Crippen LogP contribution in [0.15, 0.2) is 42.5 Å². The van der Waals surface area contributed by atoms with Crippen molar-refractivity contribution in [1.29, 1.82) is 0 Å². The maximum Gasteiger partial charge on any atom is 0.244 e. The maximum atomic E-state index is 13.6. The lowest BCUT2D eigenvalue weighted by Crippen LogP contribution is -2.51. The molecular formula is C25H34ClN3O6S. The Labute approximate surface area is 218 Å². The first-order chi connectivity index (χ1) is 17.0. The monoisotopic (exact) mass is 539 g/mol. The third-order valence-corrected chi connectivity index (χ3v) is 6.94. The molecule has 0 saturated heterocycles. The zero-order chi connectivity index (χ0) is 26.9. The van der Waals surface area contributed by atoms with Crippen LogP contribution in [0.3, 0.4) is 0 Å². The van der Waals surface area contributed by atoms with Crippen LogP contribution >= 0.6 is 11.6 Å². The summed E-state index contributed by atoms with van der Waals surface area (Å²) in [4.78, 5) is 27.8. The lowest BCUT2D eigenvalue weighted by Gasteiger charge is -2.32. The van der Waals surface area contributed by atoms with Crippen molar-refractivity contribution in [2.24, 2.45) is 0 Å². The second kappa shape index (κ2) is 13.4. The van der Waals surface area contributed by atoms with Gasteiger partial charge in [-0.15, -0.1) is 0 Å². The summed E-state index contributed by atoms with van der Waals surface area (Å²) < 4.78 is 37.0. The number of halogens is 1. The number of benzene rings is 2. The fourth-order valence-corrected chi connectivity index (χ4v) is 4.60. The highest BCUT2D eigenvalue weighted by atomic mass is 35.5. The van der Waals surface area contributed by atoms with Crippen LogP contribution in [-0.2, 0) is 26.2 Å². The second-order valence-corrected chi connectivity index (χ2v) is 10.6.